The smallest absolute Gasteiger partial charge is 0.213 e. The molecule has 19 heavy (non-hydrogen) atoms. The zero-order valence-corrected chi connectivity index (χ0v) is 11.4. The summed E-state index contributed by atoms with van der Waals surface area (Å²) in [5.41, 5.74) is 3.09. The average molecular weight is 257 g/mol. The van der Waals surface area contributed by atoms with E-state index in [9.17, 15) is 0 Å². The molecule has 1 heterocycles. The Hall–Kier alpha value is -1.68. The van der Waals surface area contributed by atoms with Gasteiger partial charge >= 0.3 is 0 Å². The number of hydrogen-bond acceptors (Lipinski definition) is 4. The molecule has 1 aromatic carbocycles. The van der Waals surface area contributed by atoms with Crippen LogP contribution in [-0.4, -0.2) is 10.1 Å². The predicted molar refractivity (Wildman–Crippen MR) is 72.4 cm³/mol. The van der Waals surface area contributed by atoms with Crippen LogP contribution in [-0.2, 0) is 13.0 Å². The van der Waals surface area contributed by atoms with Gasteiger partial charge in [-0.05, 0) is 29.4 Å². The molecule has 0 spiro atoms. The maximum Gasteiger partial charge on any atom is 0.213 e. The van der Waals surface area contributed by atoms with E-state index in [0.29, 0.717) is 18.4 Å². The van der Waals surface area contributed by atoms with Gasteiger partial charge in [0.2, 0.25) is 6.39 Å². The third kappa shape index (κ3) is 2.40. The van der Waals surface area contributed by atoms with Crippen LogP contribution < -0.4 is 5.32 Å². The van der Waals surface area contributed by atoms with E-state index in [4.69, 9.17) is 4.52 Å². The molecule has 100 valence electrons. The van der Waals surface area contributed by atoms with Gasteiger partial charge in [0.1, 0.15) is 0 Å². The van der Waals surface area contributed by atoms with Crippen LogP contribution in [0.25, 0.3) is 0 Å². The quantitative estimate of drug-likeness (QED) is 0.918. The number of rotatable bonds is 3. The first-order valence-electron chi connectivity index (χ1n) is 6.73. The van der Waals surface area contributed by atoms with Gasteiger partial charge in [0.15, 0.2) is 5.82 Å². The minimum atomic E-state index is 0.234. The topological polar surface area (TPSA) is 51.0 Å². The fourth-order valence-electron chi connectivity index (χ4n) is 2.92. The molecule has 0 saturated carbocycles. The lowest BCUT2D eigenvalue weighted by molar-refractivity contribution is 0.206. The predicted octanol–water partition coefficient (Wildman–Crippen LogP) is 2.87. The monoisotopic (exact) mass is 257 g/mol. The van der Waals surface area contributed by atoms with Crippen molar-refractivity contribution >= 4 is 0 Å². The van der Waals surface area contributed by atoms with Gasteiger partial charge in [-0.3, -0.25) is 0 Å². The number of benzene rings is 1. The molecule has 1 N–H and O–H groups in total. The van der Waals surface area contributed by atoms with E-state index in [0.717, 1.165) is 6.42 Å². The summed E-state index contributed by atoms with van der Waals surface area (Å²) in [5.74, 6) is 0.707. The second kappa shape index (κ2) is 4.78. The Morgan fingerprint density at radius 2 is 2.21 bits per heavy atom. The third-order valence-electron chi connectivity index (χ3n) is 4.06. The van der Waals surface area contributed by atoms with E-state index in [1.165, 1.54) is 23.9 Å². The summed E-state index contributed by atoms with van der Waals surface area (Å²) < 4.78 is 4.77. The van der Waals surface area contributed by atoms with Crippen LogP contribution in [0.5, 0.6) is 0 Å². The second-order valence-corrected chi connectivity index (χ2v) is 5.85. The van der Waals surface area contributed by atoms with Crippen LogP contribution in [0.15, 0.2) is 35.2 Å². The maximum absolute atomic E-state index is 4.77. The minimum Gasteiger partial charge on any atom is -0.343 e. The van der Waals surface area contributed by atoms with E-state index in [-0.39, 0.29) is 5.41 Å². The Morgan fingerprint density at radius 3 is 3.00 bits per heavy atom. The van der Waals surface area contributed by atoms with Gasteiger partial charge < -0.3 is 9.84 Å². The zero-order chi connectivity index (χ0) is 13.3. The molecule has 1 aliphatic carbocycles. The molecule has 1 aromatic heterocycles. The lowest BCUT2D eigenvalue weighted by Gasteiger charge is -2.40. The first kappa shape index (κ1) is 12.4. The van der Waals surface area contributed by atoms with E-state index < -0.39 is 0 Å². The van der Waals surface area contributed by atoms with Crippen LogP contribution >= 0.6 is 0 Å². The molecule has 4 heteroatoms. The molecule has 2 aromatic rings. The van der Waals surface area contributed by atoms with Gasteiger partial charge in [-0.15, -0.1) is 0 Å². The number of nitrogens with zero attached hydrogens (tertiary/aromatic N) is 2. The fourth-order valence-corrected chi connectivity index (χ4v) is 2.92. The van der Waals surface area contributed by atoms with Crippen molar-refractivity contribution in [3.05, 3.63) is 47.6 Å². The highest BCUT2D eigenvalue weighted by Gasteiger charge is 2.35. The summed E-state index contributed by atoms with van der Waals surface area (Å²) >= 11 is 0. The largest absolute Gasteiger partial charge is 0.343 e. The molecule has 3 rings (SSSR count). The third-order valence-corrected chi connectivity index (χ3v) is 4.06. The minimum absolute atomic E-state index is 0.234. The fraction of sp³-hybridized carbons (Fsp3) is 0.467. The Kier molecular flexibility index (Phi) is 3.11. The molecule has 0 amide bonds. The highest BCUT2D eigenvalue weighted by Crippen LogP contribution is 2.43. The number of aryl methyl sites for hydroxylation is 1. The van der Waals surface area contributed by atoms with Gasteiger partial charge in [0.05, 0.1) is 6.54 Å². The van der Waals surface area contributed by atoms with Crippen LogP contribution in [0.3, 0.4) is 0 Å². The molecule has 4 nitrogen and oxygen atoms in total. The Bertz CT molecular complexity index is 548. The van der Waals surface area contributed by atoms with Gasteiger partial charge in [-0.1, -0.05) is 43.3 Å². The van der Waals surface area contributed by atoms with Crippen LogP contribution in [0.2, 0.25) is 0 Å². The summed E-state index contributed by atoms with van der Waals surface area (Å²) in [6.45, 7) is 5.27. The average Bonchev–Trinajstić information content (AvgIpc) is 2.90. The van der Waals surface area contributed by atoms with Crippen molar-refractivity contribution in [2.45, 2.75) is 39.3 Å². The highest BCUT2D eigenvalue weighted by molar-refractivity contribution is 5.34. The van der Waals surface area contributed by atoms with Crippen LogP contribution in [0.1, 0.15) is 43.3 Å². The molecular weight excluding hydrogens is 238 g/mol. The summed E-state index contributed by atoms with van der Waals surface area (Å²) in [6, 6.07) is 9.02. The molecule has 0 bridgehead atoms. The van der Waals surface area contributed by atoms with Crippen molar-refractivity contribution in [3.63, 3.8) is 0 Å². The number of aromatic nitrogens is 2. The molecular formula is C15H19N3O. The normalized spacial score (nSPS) is 21.1. The SMILES string of the molecule is CC1(C)CCc2ccccc2C1NCc1ncon1. The van der Waals surface area contributed by atoms with Gasteiger partial charge in [-0.2, -0.15) is 4.98 Å². The Balaban J connectivity index is 1.84. The highest BCUT2D eigenvalue weighted by atomic mass is 16.5. The van der Waals surface area contributed by atoms with Crippen molar-refractivity contribution < 1.29 is 4.52 Å². The maximum atomic E-state index is 4.77. The lowest BCUT2D eigenvalue weighted by atomic mass is 9.70. The second-order valence-electron chi connectivity index (χ2n) is 5.85. The van der Waals surface area contributed by atoms with Crippen molar-refractivity contribution in [1.29, 1.82) is 0 Å². The summed E-state index contributed by atoms with van der Waals surface area (Å²) in [4.78, 5) is 4.06. The Morgan fingerprint density at radius 1 is 1.37 bits per heavy atom. The zero-order valence-electron chi connectivity index (χ0n) is 11.4. The number of hydrogen-bond donors (Lipinski definition) is 1. The van der Waals surface area contributed by atoms with E-state index in [2.05, 4.69) is 53.6 Å². The molecule has 0 saturated heterocycles. The van der Waals surface area contributed by atoms with Crippen molar-refractivity contribution in [2.75, 3.05) is 0 Å². The molecule has 0 radical (unpaired) electrons. The van der Waals surface area contributed by atoms with Crippen LogP contribution in [0, 0.1) is 5.41 Å². The molecule has 1 unspecified atom stereocenters. The summed E-state index contributed by atoms with van der Waals surface area (Å²) in [7, 11) is 0. The summed E-state index contributed by atoms with van der Waals surface area (Å²) in [6.07, 6.45) is 3.72. The first-order chi connectivity index (χ1) is 9.17. The van der Waals surface area contributed by atoms with Gasteiger partial charge in [0, 0.05) is 6.04 Å². The number of nitrogens with one attached hydrogen (secondary N) is 1. The standard InChI is InChI=1S/C15H19N3O/c1-15(2)8-7-11-5-3-4-6-12(11)14(15)16-9-13-17-10-19-18-13/h3-6,10,14,16H,7-9H2,1-2H3. The molecule has 1 atom stereocenters. The first-order valence-corrected chi connectivity index (χ1v) is 6.73. The summed E-state index contributed by atoms with van der Waals surface area (Å²) in [5, 5.41) is 7.44. The van der Waals surface area contributed by atoms with E-state index in [1.54, 1.807) is 0 Å². The van der Waals surface area contributed by atoms with Crippen molar-refractivity contribution in [1.82, 2.24) is 15.5 Å². The lowest BCUT2D eigenvalue weighted by Crippen LogP contribution is -2.38. The van der Waals surface area contributed by atoms with E-state index in [1.807, 2.05) is 0 Å². The molecule has 0 fully saturated rings. The molecule has 1 aliphatic rings. The van der Waals surface area contributed by atoms with Crippen molar-refractivity contribution in [2.24, 2.45) is 5.41 Å². The Labute approximate surface area is 113 Å². The van der Waals surface area contributed by atoms with E-state index >= 15 is 0 Å². The van der Waals surface area contributed by atoms with Crippen LogP contribution in [0.4, 0.5) is 0 Å². The van der Waals surface area contributed by atoms with Gasteiger partial charge in [0.25, 0.3) is 0 Å². The molecule has 0 aliphatic heterocycles. The number of fused-ring (bicyclic) bond motifs is 1. The van der Waals surface area contributed by atoms with Crippen molar-refractivity contribution in [3.8, 4) is 0 Å². The van der Waals surface area contributed by atoms with Gasteiger partial charge in [-0.25, -0.2) is 0 Å².